The van der Waals surface area contributed by atoms with Gasteiger partial charge in [-0.05, 0) is 31.6 Å². The summed E-state index contributed by atoms with van der Waals surface area (Å²) in [6, 6.07) is 0. The van der Waals surface area contributed by atoms with E-state index in [2.05, 4.69) is 16.8 Å². The van der Waals surface area contributed by atoms with Crippen LogP contribution in [0.15, 0.2) is 9.59 Å². The SMILES string of the molecule is Cn1c(=O)c2c(nc(C#CC3(O)CCCCC3)n2C)n(C)c1=O. The van der Waals surface area contributed by atoms with Crippen LogP contribution < -0.4 is 11.2 Å². The van der Waals surface area contributed by atoms with Gasteiger partial charge in [-0.25, -0.2) is 9.78 Å². The molecule has 0 unspecified atom stereocenters. The summed E-state index contributed by atoms with van der Waals surface area (Å²) in [7, 11) is 4.70. The van der Waals surface area contributed by atoms with Crippen LogP contribution in [0, 0.1) is 11.8 Å². The molecule has 1 fully saturated rings. The third kappa shape index (κ3) is 2.49. The molecule has 1 aliphatic rings. The van der Waals surface area contributed by atoms with Gasteiger partial charge in [0.05, 0.1) is 0 Å². The molecule has 23 heavy (non-hydrogen) atoms. The van der Waals surface area contributed by atoms with Crippen LogP contribution in [0.1, 0.15) is 37.9 Å². The number of nitrogens with zero attached hydrogens (tertiary/aromatic N) is 4. The summed E-state index contributed by atoms with van der Waals surface area (Å²) in [5.74, 6) is 6.18. The fraction of sp³-hybridized carbons (Fsp3) is 0.562. The zero-order chi connectivity index (χ0) is 16.8. The molecule has 0 aromatic carbocycles. The standard InChI is InChI=1S/C16H20N4O3/c1-18-11(7-10-16(23)8-5-4-6-9-16)17-13-12(18)14(21)20(3)15(22)19(13)2/h23H,4-6,8-9H2,1-3H3. The summed E-state index contributed by atoms with van der Waals surface area (Å²) < 4.78 is 3.96. The molecular weight excluding hydrogens is 296 g/mol. The minimum absolute atomic E-state index is 0.306. The van der Waals surface area contributed by atoms with Crippen molar-refractivity contribution in [3.63, 3.8) is 0 Å². The molecule has 2 aromatic rings. The maximum atomic E-state index is 12.3. The molecule has 2 aromatic heterocycles. The first-order valence-electron chi connectivity index (χ1n) is 7.72. The van der Waals surface area contributed by atoms with E-state index in [1.807, 2.05) is 0 Å². The Hall–Kier alpha value is -2.33. The number of rotatable bonds is 0. The van der Waals surface area contributed by atoms with Crippen molar-refractivity contribution in [3.8, 4) is 11.8 Å². The lowest BCUT2D eigenvalue weighted by atomic mass is 9.85. The quantitative estimate of drug-likeness (QED) is 0.695. The summed E-state index contributed by atoms with van der Waals surface area (Å²) >= 11 is 0. The minimum Gasteiger partial charge on any atom is -0.378 e. The Labute approximate surface area is 133 Å². The lowest BCUT2D eigenvalue weighted by Gasteiger charge is -2.26. The van der Waals surface area contributed by atoms with E-state index in [1.54, 1.807) is 18.7 Å². The van der Waals surface area contributed by atoms with E-state index in [1.165, 1.54) is 11.6 Å². The molecule has 1 aliphatic carbocycles. The molecular formula is C16H20N4O3. The average molecular weight is 316 g/mol. The Morgan fingerprint density at radius 2 is 1.70 bits per heavy atom. The van der Waals surface area contributed by atoms with Gasteiger partial charge < -0.3 is 9.67 Å². The second kappa shape index (κ2) is 5.39. The average Bonchev–Trinajstić information content (AvgIpc) is 2.87. The maximum Gasteiger partial charge on any atom is 0.332 e. The molecule has 7 heteroatoms. The summed E-state index contributed by atoms with van der Waals surface area (Å²) in [6.45, 7) is 0. The molecule has 0 spiro atoms. The highest BCUT2D eigenvalue weighted by molar-refractivity contribution is 5.71. The third-order valence-electron chi connectivity index (χ3n) is 4.56. The van der Waals surface area contributed by atoms with Gasteiger partial charge in [0.2, 0.25) is 0 Å². The molecule has 1 saturated carbocycles. The molecule has 0 saturated heterocycles. The van der Waals surface area contributed by atoms with Gasteiger partial charge in [-0.2, -0.15) is 0 Å². The first kappa shape index (κ1) is 15.6. The van der Waals surface area contributed by atoms with Gasteiger partial charge in [0.25, 0.3) is 5.56 Å². The number of fused-ring (bicyclic) bond motifs is 1. The molecule has 7 nitrogen and oxygen atoms in total. The van der Waals surface area contributed by atoms with Crippen molar-refractivity contribution < 1.29 is 5.11 Å². The first-order chi connectivity index (χ1) is 10.8. The molecule has 0 aliphatic heterocycles. The lowest BCUT2D eigenvalue weighted by molar-refractivity contribution is 0.0610. The van der Waals surface area contributed by atoms with Gasteiger partial charge in [-0.3, -0.25) is 13.9 Å². The summed E-state index contributed by atoms with van der Waals surface area (Å²) in [5.41, 5.74) is -1.17. The lowest BCUT2D eigenvalue weighted by Crippen LogP contribution is -2.37. The van der Waals surface area contributed by atoms with E-state index in [0.29, 0.717) is 29.8 Å². The Balaban J connectivity index is 2.16. The Morgan fingerprint density at radius 1 is 1.04 bits per heavy atom. The molecule has 1 N–H and O–H groups in total. The predicted molar refractivity (Wildman–Crippen MR) is 86.1 cm³/mol. The first-order valence-corrected chi connectivity index (χ1v) is 7.72. The number of hydrogen-bond donors (Lipinski definition) is 1. The van der Waals surface area contributed by atoms with Gasteiger partial charge in [-0.1, -0.05) is 12.3 Å². The van der Waals surface area contributed by atoms with Crippen LogP contribution in [-0.2, 0) is 21.1 Å². The molecule has 0 bridgehead atoms. The topological polar surface area (TPSA) is 82.1 Å². The maximum absolute atomic E-state index is 12.3. The highest BCUT2D eigenvalue weighted by atomic mass is 16.3. The van der Waals surface area contributed by atoms with E-state index in [-0.39, 0.29) is 0 Å². The van der Waals surface area contributed by atoms with Crippen molar-refractivity contribution in [2.75, 3.05) is 0 Å². The van der Waals surface area contributed by atoms with Crippen LogP contribution in [0.3, 0.4) is 0 Å². The number of aryl methyl sites for hydroxylation is 2. The van der Waals surface area contributed by atoms with Gasteiger partial charge in [-0.15, -0.1) is 0 Å². The predicted octanol–water partition coefficient (Wildman–Crippen LogP) is 0.0174. The van der Waals surface area contributed by atoms with E-state index in [4.69, 9.17) is 0 Å². The molecule has 0 atom stereocenters. The largest absolute Gasteiger partial charge is 0.378 e. The monoisotopic (exact) mass is 316 g/mol. The fourth-order valence-electron chi connectivity index (χ4n) is 3.06. The zero-order valence-electron chi connectivity index (χ0n) is 13.6. The van der Waals surface area contributed by atoms with E-state index in [9.17, 15) is 14.7 Å². The Kier molecular flexibility index (Phi) is 3.65. The van der Waals surface area contributed by atoms with Crippen molar-refractivity contribution in [2.24, 2.45) is 21.1 Å². The van der Waals surface area contributed by atoms with E-state index in [0.717, 1.165) is 23.8 Å². The second-order valence-corrected chi connectivity index (χ2v) is 6.21. The number of hydrogen-bond acceptors (Lipinski definition) is 4. The van der Waals surface area contributed by atoms with Gasteiger partial charge in [0.1, 0.15) is 5.60 Å². The number of aliphatic hydroxyl groups is 1. The summed E-state index contributed by atoms with van der Waals surface area (Å²) in [5, 5.41) is 10.5. The molecule has 2 heterocycles. The normalized spacial score (nSPS) is 17.0. The van der Waals surface area contributed by atoms with Crippen LogP contribution in [0.4, 0.5) is 0 Å². The molecule has 3 rings (SSSR count). The second-order valence-electron chi connectivity index (χ2n) is 6.21. The van der Waals surface area contributed by atoms with Crippen molar-refractivity contribution in [1.82, 2.24) is 18.7 Å². The minimum atomic E-state index is -0.979. The third-order valence-corrected chi connectivity index (χ3v) is 4.56. The van der Waals surface area contributed by atoms with Gasteiger partial charge in [0, 0.05) is 21.1 Å². The van der Waals surface area contributed by atoms with E-state index < -0.39 is 16.9 Å². The van der Waals surface area contributed by atoms with Crippen LogP contribution in [0.5, 0.6) is 0 Å². The Bertz CT molecular complexity index is 946. The van der Waals surface area contributed by atoms with Crippen molar-refractivity contribution >= 4 is 11.2 Å². The highest BCUT2D eigenvalue weighted by Crippen LogP contribution is 2.27. The van der Waals surface area contributed by atoms with Crippen LogP contribution in [0.2, 0.25) is 0 Å². The summed E-state index contributed by atoms with van der Waals surface area (Å²) in [6.07, 6.45) is 4.36. The molecule has 0 radical (unpaired) electrons. The van der Waals surface area contributed by atoms with Crippen molar-refractivity contribution in [1.29, 1.82) is 0 Å². The molecule has 122 valence electrons. The zero-order valence-corrected chi connectivity index (χ0v) is 13.6. The fourth-order valence-corrected chi connectivity index (χ4v) is 3.06. The smallest absolute Gasteiger partial charge is 0.332 e. The van der Waals surface area contributed by atoms with Crippen LogP contribution in [-0.4, -0.2) is 29.4 Å². The Morgan fingerprint density at radius 3 is 2.35 bits per heavy atom. The summed E-state index contributed by atoms with van der Waals surface area (Å²) in [4.78, 5) is 28.6. The van der Waals surface area contributed by atoms with Gasteiger partial charge in [0.15, 0.2) is 17.0 Å². The van der Waals surface area contributed by atoms with Gasteiger partial charge >= 0.3 is 5.69 Å². The van der Waals surface area contributed by atoms with Crippen LogP contribution in [0.25, 0.3) is 11.2 Å². The van der Waals surface area contributed by atoms with E-state index >= 15 is 0 Å². The number of imidazole rings is 1. The van der Waals surface area contributed by atoms with Crippen LogP contribution >= 0.6 is 0 Å². The highest BCUT2D eigenvalue weighted by Gasteiger charge is 2.27. The number of aromatic nitrogens is 4. The molecule has 0 amide bonds. The van der Waals surface area contributed by atoms with Crippen molar-refractivity contribution in [3.05, 3.63) is 26.7 Å². The van der Waals surface area contributed by atoms with Crippen molar-refractivity contribution in [2.45, 2.75) is 37.7 Å².